The summed E-state index contributed by atoms with van der Waals surface area (Å²) in [5.74, 6) is 0. The first-order valence-electron chi connectivity index (χ1n) is 7.36. The number of rotatable bonds is 12. The van der Waals surface area contributed by atoms with Crippen molar-refractivity contribution in [3.8, 4) is 0 Å². The Hall–Kier alpha value is 0.0300. The maximum absolute atomic E-state index is 5.98. The number of methoxy groups -OCH3 is 2. The Kier molecular flexibility index (Phi) is 11.6. The number of hydrogen-bond donors (Lipinski definition) is 0. The van der Waals surface area contributed by atoms with Crippen LogP contribution in [0.15, 0.2) is 4.74 Å². The molecule has 1 atom stereocenters. The van der Waals surface area contributed by atoms with E-state index in [1.807, 2.05) is 6.92 Å². The fourth-order valence-electron chi connectivity index (χ4n) is 1.55. The Morgan fingerprint density at radius 3 is 1.76 bits per heavy atom. The molecule has 7 heteroatoms. The molecule has 0 fully saturated rings. The molecule has 0 spiro atoms. The van der Waals surface area contributed by atoms with Gasteiger partial charge in [-0.15, -0.1) is 0 Å². The van der Waals surface area contributed by atoms with Gasteiger partial charge in [-0.2, -0.15) is 0 Å². The predicted octanol–water partition coefficient (Wildman–Crippen LogP) is 3.18. The van der Waals surface area contributed by atoms with Gasteiger partial charge in [0.2, 0.25) is 7.51 Å². The molecule has 0 saturated heterocycles. The second-order valence-electron chi connectivity index (χ2n) is 5.49. The molecular formula is C14H32NO5P. The van der Waals surface area contributed by atoms with Crippen molar-refractivity contribution in [1.29, 1.82) is 0 Å². The third-order valence-electron chi connectivity index (χ3n) is 2.38. The molecule has 1 unspecified atom stereocenters. The van der Waals surface area contributed by atoms with Gasteiger partial charge < -0.3 is 23.3 Å². The van der Waals surface area contributed by atoms with Crippen molar-refractivity contribution in [3.63, 3.8) is 0 Å². The summed E-state index contributed by atoms with van der Waals surface area (Å²) >= 11 is 0. The highest BCUT2D eigenvalue weighted by atomic mass is 31.2. The lowest BCUT2D eigenvalue weighted by molar-refractivity contribution is 0.0516. The van der Waals surface area contributed by atoms with Crippen LogP contribution in [0, 0.1) is 0 Å². The van der Waals surface area contributed by atoms with E-state index in [1.54, 1.807) is 14.2 Å². The zero-order valence-electron chi connectivity index (χ0n) is 14.4. The van der Waals surface area contributed by atoms with E-state index in [-0.39, 0.29) is 5.54 Å². The summed E-state index contributed by atoms with van der Waals surface area (Å²) in [4.78, 5) is 0. The lowest BCUT2D eigenvalue weighted by Crippen LogP contribution is -2.15. The van der Waals surface area contributed by atoms with E-state index < -0.39 is 7.51 Å². The van der Waals surface area contributed by atoms with Gasteiger partial charge in [-0.1, -0.05) is 6.92 Å². The van der Waals surface area contributed by atoms with Gasteiger partial charge in [-0.3, -0.25) is 0 Å². The van der Waals surface area contributed by atoms with Crippen LogP contribution in [-0.4, -0.2) is 65.6 Å². The van der Waals surface area contributed by atoms with Crippen LogP contribution in [0.1, 0.15) is 27.7 Å². The van der Waals surface area contributed by atoms with Crippen LogP contribution in [0.5, 0.6) is 0 Å². The molecule has 0 aromatic rings. The zero-order chi connectivity index (χ0) is 16.2. The normalized spacial score (nSPS) is 15.0. The highest BCUT2D eigenvalue weighted by Crippen LogP contribution is 2.53. The average molecular weight is 325 g/mol. The Labute approximate surface area is 129 Å². The molecule has 0 radical (unpaired) electrons. The van der Waals surface area contributed by atoms with Crippen LogP contribution < -0.4 is 0 Å². The first-order chi connectivity index (χ1) is 9.89. The molecule has 21 heavy (non-hydrogen) atoms. The minimum Gasteiger partial charge on any atom is -0.382 e. The Balaban J connectivity index is 4.53. The summed E-state index contributed by atoms with van der Waals surface area (Å²) in [6.07, 6.45) is 0.742. The van der Waals surface area contributed by atoms with Crippen molar-refractivity contribution >= 4 is 7.51 Å². The molecule has 0 aromatic heterocycles. The van der Waals surface area contributed by atoms with Gasteiger partial charge in [0.1, 0.15) is 0 Å². The van der Waals surface area contributed by atoms with Crippen LogP contribution in [0.25, 0.3) is 0 Å². The Bertz CT molecular complexity index is 304. The Morgan fingerprint density at radius 1 is 0.810 bits per heavy atom. The SMILES string of the molecule is CCP(=NC(C)(C)C)(OCCOC)OCCOCCOC. The lowest BCUT2D eigenvalue weighted by Gasteiger charge is -2.27. The first kappa shape index (κ1) is 21.0. The van der Waals surface area contributed by atoms with Gasteiger partial charge in [0.25, 0.3) is 0 Å². The van der Waals surface area contributed by atoms with Gasteiger partial charge >= 0.3 is 0 Å². The largest absolute Gasteiger partial charge is 0.382 e. The van der Waals surface area contributed by atoms with Crippen molar-refractivity contribution in [2.24, 2.45) is 4.74 Å². The molecule has 0 aliphatic rings. The summed E-state index contributed by atoms with van der Waals surface area (Å²) in [5, 5.41) is 0. The molecule has 0 aliphatic carbocycles. The van der Waals surface area contributed by atoms with Gasteiger partial charge in [0.05, 0.1) is 45.2 Å². The molecule has 0 rings (SSSR count). The summed E-state index contributed by atoms with van der Waals surface area (Å²) < 4.78 is 32.1. The second kappa shape index (κ2) is 11.6. The molecule has 0 amide bonds. The van der Waals surface area contributed by atoms with Crippen LogP contribution >= 0.6 is 7.51 Å². The predicted molar refractivity (Wildman–Crippen MR) is 86.1 cm³/mol. The fraction of sp³-hybridized carbons (Fsp3) is 1.00. The van der Waals surface area contributed by atoms with Crippen molar-refractivity contribution in [3.05, 3.63) is 0 Å². The molecule has 128 valence electrons. The van der Waals surface area contributed by atoms with E-state index in [4.69, 9.17) is 28.0 Å². The topological polar surface area (TPSA) is 58.5 Å². The summed E-state index contributed by atoms with van der Waals surface area (Å²) in [6.45, 7) is 11.4. The van der Waals surface area contributed by atoms with Crippen molar-refractivity contribution in [2.75, 3.05) is 60.0 Å². The zero-order valence-corrected chi connectivity index (χ0v) is 15.3. The van der Waals surface area contributed by atoms with E-state index in [0.29, 0.717) is 39.6 Å². The third kappa shape index (κ3) is 11.3. The first-order valence-corrected chi connectivity index (χ1v) is 9.12. The fourth-order valence-corrected chi connectivity index (χ4v) is 3.88. The molecular weight excluding hydrogens is 293 g/mol. The highest BCUT2D eigenvalue weighted by Gasteiger charge is 2.23. The van der Waals surface area contributed by atoms with Gasteiger partial charge in [-0.05, 0) is 20.8 Å². The van der Waals surface area contributed by atoms with E-state index in [2.05, 4.69) is 20.8 Å². The lowest BCUT2D eigenvalue weighted by atomic mass is 10.1. The van der Waals surface area contributed by atoms with Gasteiger partial charge in [0.15, 0.2) is 0 Å². The minimum atomic E-state index is -2.25. The average Bonchev–Trinajstić information content (AvgIpc) is 2.41. The highest BCUT2D eigenvalue weighted by molar-refractivity contribution is 7.56. The molecule has 0 aromatic carbocycles. The van der Waals surface area contributed by atoms with Gasteiger partial charge in [-0.25, -0.2) is 4.74 Å². The quantitative estimate of drug-likeness (QED) is 0.407. The number of nitrogens with zero attached hydrogens (tertiary/aromatic N) is 1. The molecule has 0 aliphatic heterocycles. The maximum atomic E-state index is 5.98. The molecule has 0 saturated carbocycles. The summed E-state index contributed by atoms with van der Waals surface area (Å²) in [7, 11) is 1.06. The van der Waals surface area contributed by atoms with Crippen LogP contribution in [0.3, 0.4) is 0 Å². The monoisotopic (exact) mass is 325 g/mol. The second-order valence-corrected chi connectivity index (χ2v) is 8.11. The van der Waals surface area contributed by atoms with Crippen LogP contribution in [0.4, 0.5) is 0 Å². The molecule has 0 heterocycles. The summed E-state index contributed by atoms with van der Waals surface area (Å²) in [6, 6.07) is 0. The Morgan fingerprint density at radius 2 is 1.29 bits per heavy atom. The minimum absolute atomic E-state index is 0.201. The maximum Gasteiger partial charge on any atom is 0.212 e. The van der Waals surface area contributed by atoms with E-state index >= 15 is 0 Å². The molecule has 0 N–H and O–H groups in total. The number of hydrogen-bond acceptors (Lipinski definition) is 6. The molecule has 6 nitrogen and oxygen atoms in total. The standard InChI is InChI=1S/C14H32NO5P/c1-7-21(15-14(2,3)4,19-12-9-17-6)20-13-11-18-10-8-16-5/h7-13H2,1-6H3. The van der Waals surface area contributed by atoms with Crippen LogP contribution in [-0.2, 0) is 23.3 Å². The van der Waals surface area contributed by atoms with E-state index in [0.717, 1.165) is 6.16 Å². The smallest absolute Gasteiger partial charge is 0.212 e. The van der Waals surface area contributed by atoms with Crippen LogP contribution in [0.2, 0.25) is 0 Å². The third-order valence-corrected chi connectivity index (χ3v) is 5.26. The van der Waals surface area contributed by atoms with Crippen molar-refractivity contribution in [2.45, 2.75) is 33.2 Å². The van der Waals surface area contributed by atoms with E-state index in [9.17, 15) is 0 Å². The number of ether oxygens (including phenoxy) is 3. The van der Waals surface area contributed by atoms with E-state index in [1.165, 1.54) is 0 Å². The van der Waals surface area contributed by atoms with Crippen molar-refractivity contribution in [1.82, 2.24) is 0 Å². The van der Waals surface area contributed by atoms with Gasteiger partial charge in [0, 0.05) is 20.4 Å². The summed E-state index contributed by atoms with van der Waals surface area (Å²) in [5.41, 5.74) is -0.201. The van der Waals surface area contributed by atoms with Crippen molar-refractivity contribution < 1.29 is 23.3 Å². The molecule has 0 bridgehead atoms.